The zero-order valence-electron chi connectivity index (χ0n) is 11.4. The molecule has 0 N–H and O–H groups in total. The highest BCUT2D eigenvalue weighted by Gasteiger charge is 2.21. The van der Waals surface area contributed by atoms with Gasteiger partial charge >= 0.3 is 5.84 Å². The van der Waals surface area contributed by atoms with Crippen LogP contribution < -0.4 is 0 Å². The molecule has 0 amide bonds. The van der Waals surface area contributed by atoms with Gasteiger partial charge in [0.1, 0.15) is 35.0 Å². The first kappa shape index (κ1) is 13.8. The van der Waals surface area contributed by atoms with E-state index in [2.05, 4.69) is 15.2 Å². The minimum Gasteiger partial charge on any atom is -0.432 e. The predicted octanol–water partition coefficient (Wildman–Crippen LogP) is 3.98. The summed E-state index contributed by atoms with van der Waals surface area (Å²) in [5.74, 6) is -0.940. The van der Waals surface area contributed by atoms with E-state index < -0.39 is 11.6 Å². The van der Waals surface area contributed by atoms with Crippen LogP contribution in [0.25, 0.3) is 28.5 Å². The standard InChI is InChI=1S/C15H7ClF2N4O/c16-12-4-3-11(20-21-12)14-13(19-15-22(14)5-6-23-15)9-7-8(17)1-2-10(9)18/h1-7H. The van der Waals surface area contributed by atoms with Crippen molar-refractivity contribution >= 4 is 17.4 Å². The maximum atomic E-state index is 14.1. The summed E-state index contributed by atoms with van der Waals surface area (Å²) >= 11 is 5.75. The number of hydrogen-bond donors (Lipinski definition) is 0. The summed E-state index contributed by atoms with van der Waals surface area (Å²) in [7, 11) is 0. The molecule has 0 saturated heterocycles. The van der Waals surface area contributed by atoms with Crippen LogP contribution >= 0.6 is 11.6 Å². The van der Waals surface area contributed by atoms with E-state index in [1.165, 1.54) is 6.26 Å². The summed E-state index contributed by atoms with van der Waals surface area (Å²) in [6, 6.07) is 6.33. The Morgan fingerprint density at radius 1 is 1.09 bits per heavy atom. The fraction of sp³-hybridized carbons (Fsp3) is 0. The second-order valence-electron chi connectivity index (χ2n) is 4.73. The third kappa shape index (κ3) is 2.25. The topological polar surface area (TPSA) is 56.2 Å². The molecule has 0 aliphatic rings. The molecule has 0 spiro atoms. The van der Waals surface area contributed by atoms with Gasteiger partial charge in [-0.1, -0.05) is 11.6 Å². The average Bonchev–Trinajstić information content (AvgIpc) is 3.11. The number of oxazole rings is 1. The fourth-order valence-corrected chi connectivity index (χ4v) is 2.44. The molecule has 0 bridgehead atoms. The minimum atomic E-state index is -0.602. The Balaban J connectivity index is 2.04. The number of hydrogen-bond acceptors (Lipinski definition) is 4. The van der Waals surface area contributed by atoms with Crippen LogP contribution in [0.5, 0.6) is 0 Å². The van der Waals surface area contributed by atoms with Crippen molar-refractivity contribution in [2.45, 2.75) is 0 Å². The number of fused-ring (bicyclic) bond motifs is 1. The van der Waals surface area contributed by atoms with E-state index in [1.807, 2.05) is 0 Å². The van der Waals surface area contributed by atoms with E-state index in [4.69, 9.17) is 16.0 Å². The molecule has 8 heteroatoms. The molecule has 0 unspecified atom stereocenters. The lowest BCUT2D eigenvalue weighted by molar-refractivity contribution is 0.594. The molecular weight excluding hydrogens is 326 g/mol. The van der Waals surface area contributed by atoms with Crippen LogP contribution in [0.15, 0.2) is 47.2 Å². The van der Waals surface area contributed by atoms with E-state index in [9.17, 15) is 8.78 Å². The van der Waals surface area contributed by atoms with Gasteiger partial charge in [-0.3, -0.25) is 4.40 Å². The molecule has 4 aromatic rings. The Morgan fingerprint density at radius 2 is 1.96 bits per heavy atom. The van der Waals surface area contributed by atoms with Crippen LogP contribution in [-0.2, 0) is 0 Å². The van der Waals surface area contributed by atoms with Gasteiger partial charge in [0, 0.05) is 11.8 Å². The Labute approximate surface area is 133 Å². The van der Waals surface area contributed by atoms with Crippen LogP contribution in [0.3, 0.4) is 0 Å². The number of halogens is 3. The number of imidazole rings is 1. The van der Waals surface area contributed by atoms with Gasteiger partial charge in [-0.15, -0.1) is 10.2 Å². The zero-order chi connectivity index (χ0) is 16.0. The van der Waals surface area contributed by atoms with E-state index >= 15 is 0 Å². The van der Waals surface area contributed by atoms with E-state index in [-0.39, 0.29) is 22.3 Å². The highest BCUT2D eigenvalue weighted by atomic mass is 35.5. The van der Waals surface area contributed by atoms with Crippen molar-refractivity contribution in [1.82, 2.24) is 19.6 Å². The average molecular weight is 333 g/mol. The largest absolute Gasteiger partial charge is 0.432 e. The van der Waals surface area contributed by atoms with E-state index in [0.717, 1.165) is 18.2 Å². The van der Waals surface area contributed by atoms with Gasteiger partial charge in [-0.2, -0.15) is 4.98 Å². The molecule has 0 radical (unpaired) electrons. The maximum absolute atomic E-state index is 14.1. The normalized spacial score (nSPS) is 11.3. The monoisotopic (exact) mass is 332 g/mol. The van der Waals surface area contributed by atoms with Gasteiger partial charge < -0.3 is 4.42 Å². The Bertz CT molecular complexity index is 1010. The van der Waals surface area contributed by atoms with E-state index in [1.54, 1.807) is 22.7 Å². The SMILES string of the molecule is Fc1ccc(F)c(-c2nc3occn3c2-c2ccc(Cl)nn2)c1. The first-order chi connectivity index (χ1) is 11.1. The van der Waals surface area contributed by atoms with Crippen molar-refractivity contribution in [1.29, 1.82) is 0 Å². The van der Waals surface area contributed by atoms with Crippen LogP contribution in [-0.4, -0.2) is 19.6 Å². The number of nitrogens with zero attached hydrogens (tertiary/aromatic N) is 4. The van der Waals surface area contributed by atoms with Crippen molar-refractivity contribution in [2.24, 2.45) is 0 Å². The molecule has 1 aromatic carbocycles. The van der Waals surface area contributed by atoms with Crippen LogP contribution in [0, 0.1) is 11.6 Å². The van der Waals surface area contributed by atoms with Crippen molar-refractivity contribution in [3.05, 3.63) is 59.6 Å². The van der Waals surface area contributed by atoms with Gasteiger partial charge in [0.05, 0.1) is 0 Å². The lowest BCUT2D eigenvalue weighted by Gasteiger charge is -2.04. The second-order valence-corrected chi connectivity index (χ2v) is 5.12. The highest BCUT2D eigenvalue weighted by Crippen LogP contribution is 2.33. The molecule has 5 nitrogen and oxygen atoms in total. The van der Waals surface area contributed by atoms with Crippen LogP contribution in [0.1, 0.15) is 0 Å². The van der Waals surface area contributed by atoms with Crippen molar-refractivity contribution in [3.8, 4) is 22.6 Å². The molecule has 114 valence electrons. The van der Waals surface area contributed by atoms with Gasteiger partial charge in [-0.25, -0.2) is 8.78 Å². The van der Waals surface area contributed by atoms with Gasteiger partial charge in [-0.05, 0) is 30.3 Å². The smallest absolute Gasteiger partial charge is 0.306 e. The van der Waals surface area contributed by atoms with E-state index in [0.29, 0.717) is 11.4 Å². The lowest BCUT2D eigenvalue weighted by Crippen LogP contribution is -1.94. The first-order valence-corrected chi connectivity index (χ1v) is 6.92. The fourth-order valence-electron chi connectivity index (χ4n) is 2.34. The predicted molar refractivity (Wildman–Crippen MR) is 78.8 cm³/mol. The summed E-state index contributed by atoms with van der Waals surface area (Å²) < 4.78 is 34.5. The molecule has 0 aliphatic carbocycles. The quantitative estimate of drug-likeness (QED) is 0.557. The van der Waals surface area contributed by atoms with Crippen LogP contribution in [0.2, 0.25) is 5.15 Å². The first-order valence-electron chi connectivity index (χ1n) is 6.54. The summed E-state index contributed by atoms with van der Waals surface area (Å²) in [6.45, 7) is 0. The number of aromatic nitrogens is 4. The Morgan fingerprint density at radius 3 is 2.74 bits per heavy atom. The Hall–Kier alpha value is -2.80. The summed E-state index contributed by atoms with van der Waals surface area (Å²) in [6.07, 6.45) is 3.04. The van der Waals surface area contributed by atoms with Crippen molar-refractivity contribution in [3.63, 3.8) is 0 Å². The molecule has 3 aromatic heterocycles. The molecular formula is C15H7ClF2N4O. The Kier molecular flexibility index (Phi) is 3.09. The van der Waals surface area contributed by atoms with Gasteiger partial charge in [0.15, 0.2) is 5.15 Å². The zero-order valence-corrected chi connectivity index (χ0v) is 12.1. The second kappa shape index (κ2) is 5.13. The van der Waals surface area contributed by atoms with Gasteiger partial charge in [0.25, 0.3) is 0 Å². The minimum absolute atomic E-state index is 0.00986. The van der Waals surface area contributed by atoms with Crippen molar-refractivity contribution in [2.75, 3.05) is 0 Å². The number of rotatable bonds is 2. The molecule has 0 fully saturated rings. The molecule has 4 rings (SSSR count). The molecule has 0 atom stereocenters. The maximum Gasteiger partial charge on any atom is 0.306 e. The summed E-state index contributed by atoms with van der Waals surface area (Å²) in [5.41, 5.74) is 1.05. The van der Waals surface area contributed by atoms with Gasteiger partial charge in [0.2, 0.25) is 0 Å². The molecule has 0 aliphatic heterocycles. The summed E-state index contributed by atoms with van der Waals surface area (Å²) in [5, 5.41) is 7.99. The lowest BCUT2D eigenvalue weighted by atomic mass is 10.1. The highest BCUT2D eigenvalue weighted by molar-refractivity contribution is 6.29. The van der Waals surface area contributed by atoms with Crippen molar-refractivity contribution < 1.29 is 13.2 Å². The third-order valence-corrected chi connectivity index (χ3v) is 3.52. The molecule has 23 heavy (non-hydrogen) atoms. The molecule has 3 heterocycles. The van der Waals surface area contributed by atoms with Crippen LogP contribution in [0.4, 0.5) is 8.78 Å². The molecule has 0 saturated carbocycles. The summed E-state index contributed by atoms with van der Waals surface area (Å²) in [4.78, 5) is 4.23. The third-order valence-electron chi connectivity index (χ3n) is 3.32. The number of benzene rings is 1.